The molecule has 0 radical (unpaired) electrons. The number of nitrogens with zero attached hydrogens (tertiary/aromatic N) is 1. The molecule has 14 heavy (non-hydrogen) atoms. The maximum absolute atomic E-state index is 6.51. The molecule has 0 fully saturated rings. The molecule has 1 aromatic carbocycles. The molecule has 0 N–H and O–H groups in total. The van der Waals surface area contributed by atoms with Gasteiger partial charge in [0.05, 0.1) is 0 Å². The second-order valence-electron chi connectivity index (χ2n) is 3.08. The Morgan fingerprint density at radius 2 is 1.57 bits per heavy atom. The maximum atomic E-state index is 6.51. The van der Waals surface area contributed by atoms with Gasteiger partial charge in [-0.15, -0.1) is 0 Å². The van der Waals surface area contributed by atoms with E-state index >= 15 is 0 Å². The number of benzene rings is 1. The molecule has 0 aromatic heterocycles. The van der Waals surface area contributed by atoms with Gasteiger partial charge in [0, 0.05) is 0 Å². The van der Waals surface area contributed by atoms with Crippen molar-refractivity contribution in [2.24, 2.45) is 0 Å². The van der Waals surface area contributed by atoms with E-state index in [0.717, 1.165) is 17.5 Å². The van der Waals surface area contributed by atoms with Gasteiger partial charge in [-0.2, -0.15) is 0 Å². The van der Waals surface area contributed by atoms with E-state index in [1.165, 1.54) is 0 Å². The fourth-order valence-electron chi connectivity index (χ4n) is 1.44. The van der Waals surface area contributed by atoms with Crippen LogP contribution in [-0.4, -0.2) is 28.6 Å². The van der Waals surface area contributed by atoms with E-state index in [-0.39, 0.29) is 0 Å². The van der Waals surface area contributed by atoms with Crippen molar-refractivity contribution < 1.29 is 0 Å². The second kappa shape index (κ2) is 5.40. The minimum atomic E-state index is -2.96. The van der Waals surface area contributed by atoms with Gasteiger partial charge in [0.25, 0.3) is 0 Å². The first kappa shape index (κ1) is 12.4. The van der Waals surface area contributed by atoms with Crippen LogP contribution in [0.3, 0.4) is 0 Å². The number of hydrogen-bond acceptors (Lipinski definition) is 1. The molecule has 0 aliphatic heterocycles. The molecular weight excluding hydrogens is 278 g/mol. The van der Waals surface area contributed by atoms with Crippen LogP contribution < -0.4 is 4.40 Å². The zero-order valence-electron chi connectivity index (χ0n) is 8.50. The van der Waals surface area contributed by atoms with Crippen LogP contribution in [0.25, 0.3) is 0 Å². The fourth-order valence-corrected chi connectivity index (χ4v) is 8.91. The van der Waals surface area contributed by atoms with E-state index in [4.69, 9.17) is 20.0 Å². The fraction of sp³-hybridized carbons (Fsp3) is 0.400. The molecule has 0 saturated carbocycles. The quantitative estimate of drug-likeness (QED) is 0.771. The van der Waals surface area contributed by atoms with Gasteiger partial charge in [-0.05, 0) is 0 Å². The first-order valence-corrected chi connectivity index (χ1v) is 12.3. The molecule has 0 saturated heterocycles. The predicted octanol–water partition coefficient (Wildman–Crippen LogP) is 2.65. The summed E-state index contributed by atoms with van der Waals surface area (Å²) in [6.45, 7) is 6.02. The van der Waals surface area contributed by atoms with Crippen LogP contribution in [-0.2, 0) is 0 Å². The third kappa shape index (κ3) is 2.66. The van der Waals surface area contributed by atoms with E-state index in [9.17, 15) is 0 Å². The monoisotopic (exact) mass is 293 g/mol. The van der Waals surface area contributed by atoms with Crippen molar-refractivity contribution in [3.8, 4) is 0 Å². The molecule has 1 nitrogen and oxygen atoms in total. The Kier molecular flexibility index (Phi) is 4.78. The summed E-state index contributed by atoms with van der Waals surface area (Å²) in [6, 6.07) is 10.0. The van der Waals surface area contributed by atoms with Crippen molar-refractivity contribution in [2.75, 3.05) is 13.1 Å². The van der Waals surface area contributed by atoms with Crippen molar-refractivity contribution in [2.45, 2.75) is 13.8 Å². The first-order valence-electron chi connectivity index (χ1n) is 4.81. The van der Waals surface area contributed by atoms with Crippen molar-refractivity contribution >= 4 is 36.0 Å². The van der Waals surface area contributed by atoms with Gasteiger partial charge in [0.1, 0.15) is 0 Å². The van der Waals surface area contributed by atoms with Crippen molar-refractivity contribution in [3.05, 3.63) is 30.3 Å². The Hall–Kier alpha value is 0.303. The number of rotatable bonds is 4. The third-order valence-electron chi connectivity index (χ3n) is 2.28. The molecule has 1 aromatic rings. The predicted molar refractivity (Wildman–Crippen MR) is 66.5 cm³/mol. The average molecular weight is 293 g/mol. The van der Waals surface area contributed by atoms with Gasteiger partial charge in [0.2, 0.25) is 0 Å². The van der Waals surface area contributed by atoms with E-state index in [0.29, 0.717) is 0 Å². The van der Waals surface area contributed by atoms with Crippen LogP contribution in [0.1, 0.15) is 13.8 Å². The molecule has 0 atom stereocenters. The average Bonchev–Trinajstić information content (AvgIpc) is 2.20. The van der Waals surface area contributed by atoms with Crippen molar-refractivity contribution in [1.82, 2.24) is 3.86 Å². The van der Waals surface area contributed by atoms with Gasteiger partial charge in [-0.25, -0.2) is 0 Å². The first-order chi connectivity index (χ1) is 6.62. The van der Waals surface area contributed by atoms with Crippen LogP contribution >= 0.6 is 20.0 Å². The standard InChI is InChI=1S/C10H15Cl2GeN/c1-3-14(4-2)13(11,12)10-8-6-5-7-9-10/h5-9H,3-4H2,1-2H3. The molecule has 0 spiro atoms. The van der Waals surface area contributed by atoms with Crippen LogP contribution in [0.4, 0.5) is 0 Å². The van der Waals surface area contributed by atoms with Crippen molar-refractivity contribution in [1.29, 1.82) is 0 Å². The molecule has 1 rings (SSSR count). The van der Waals surface area contributed by atoms with Gasteiger partial charge in [-0.3, -0.25) is 0 Å². The zero-order chi connectivity index (χ0) is 10.6. The third-order valence-corrected chi connectivity index (χ3v) is 12.2. The molecule has 4 heteroatoms. The number of halogens is 2. The molecule has 78 valence electrons. The van der Waals surface area contributed by atoms with Gasteiger partial charge in [-0.1, -0.05) is 0 Å². The van der Waals surface area contributed by atoms with Gasteiger partial charge < -0.3 is 0 Å². The summed E-state index contributed by atoms with van der Waals surface area (Å²) in [7, 11) is 13.0. The van der Waals surface area contributed by atoms with Gasteiger partial charge >= 0.3 is 97.2 Å². The van der Waals surface area contributed by atoms with Crippen LogP contribution in [0, 0.1) is 0 Å². The Bertz CT molecular complexity index is 273. The topological polar surface area (TPSA) is 3.24 Å². The minimum absolute atomic E-state index is 0.915. The number of hydrogen-bond donors (Lipinski definition) is 0. The summed E-state index contributed by atoms with van der Waals surface area (Å²) >= 11 is -2.96. The SMILES string of the molecule is CC[N](CC)[Ge]([Cl])([Cl])[c]1ccccc1. The summed E-state index contributed by atoms with van der Waals surface area (Å²) in [6.07, 6.45) is 0. The van der Waals surface area contributed by atoms with Gasteiger partial charge in [0.15, 0.2) is 0 Å². The molecule has 0 aliphatic carbocycles. The van der Waals surface area contributed by atoms with Crippen molar-refractivity contribution in [3.63, 3.8) is 0 Å². The van der Waals surface area contributed by atoms with Crippen LogP contribution in [0.15, 0.2) is 30.3 Å². The second-order valence-corrected chi connectivity index (χ2v) is 14.6. The zero-order valence-corrected chi connectivity index (χ0v) is 12.1. The molecular formula is C10H15Cl2GeN. The molecule has 0 bridgehead atoms. The summed E-state index contributed by atoms with van der Waals surface area (Å²) in [5.74, 6) is 0. The molecule has 0 heterocycles. The molecule has 0 amide bonds. The van der Waals surface area contributed by atoms with E-state index in [2.05, 4.69) is 17.7 Å². The Balaban J connectivity index is 2.94. The Labute approximate surface area is 97.0 Å². The van der Waals surface area contributed by atoms with Crippen LogP contribution in [0.2, 0.25) is 0 Å². The Morgan fingerprint density at radius 3 is 2.00 bits per heavy atom. The molecule has 0 aliphatic rings. The van der Waals surface area contributed by atoms with Crippen LogP contribution in [0.5, 0.6) is 0 Å². The Morgan fingerprint density at radius 1 is 1.07 bits per heavy atom. The summed E-state index contributed by atoms with van der Waals surface area (Å²) in [4.78, 5) is 0. The van der Waals surface area contributed by atoms with E-state index < -0.39 is 11.6 Å². The van der Waals surface area contributed by atoms with E-state index in [1.54, 1.807) is 0 Å². The summed E-state index contributed by atoms with van der Waals surface area (Å²) in [5, 5.41) is 0. The molecule has 0 unspecified atom stereocenters. The summed E-state index contributed by atoms with van der Waals surface area (Å²) < 4.78 is 3.30. The normalized spacial score (nSPS) is 12.1. The van der Waals surface area contributed by atoms with E-state index in [1.807, 2.05) is 30.3 Å². The summed E-state index contributed by atoms with van der Waals surface area (Å²) in [5.41, 5.74) is 0.